The molecule has 0 saturated heterocycles. The number of ether oxygens (including phenoxy) is 1. The van der Waals surface area contributed by atoms with Crippen LogP contribution in [0.25, 0.3) is 0 Å². The van der Waals surface area contributed by atoms with Gasteiger partial charge in [0.25, 0.3) is 0 Å². The Hall–Kier alpha value is -0.540. The Morgan fingerprint density at radius 3 is 2.35 bits per heavy atom. The molecular weight excluding hydrogens is 278 g/mol. The number of hydrogen-bond acceptors (Lipinski definition) is 2. The molecule has 0 spiro atoms. The molecule has 0 radical (unpaired) electrons. The molecule has 0 fully saturated rings. The molecule has 0 bridgehead atoms. The quantitative estimate of drug-likeness (QED) is 0.835. The lowest BCUT2D eigenvalue weighted by Gasteiger charge is -2.26. The maximum Gasteiger partial charge on any atom is 0.119 e. The smallest absolute Gasteiger partial charge is 0.119 e. The molecule has 0 aliphatic rings. The third-order valence-corrected chi connectivity index (χ3v) is 3.38. The van der Waals surface area contributed by atoms with Crippen molar-refractivity contribution in [3.8, 4) is 5.75 Å². The van der Waals surface area contributed by atoms with Gasteiger partial charge in [0.05, 0.1) is 6.61 Å². The molecule has 1 rings (SSSR count). The Bertz CT molecular complexity index is 329. The highest BCUT2D eigenvalue weighted by Gasteiger charge is 2.19. The van der Waals surface area contributed by atoms with E-state index in [1.807, 2.05) is 24.3 Å². The minimum atomic E-state index is 0.178. The van der Waals surface area contributed by atoms with Crippen molar-refractivity contribution in [2.75, 3.05) is 6.61 Å². The second-order valence-electron chi connectivity index (χ2n) is 5.42. The van der Waals surface area contributed by atoms with Crippen LogP contribution in [0, 0.1) is 5.41 Å². The summed E-state index contributed by atoms with van der Waals surface area (Å²) < 4.78 is 6.72. The third kappa shape index (κ3) is 5.55. The van der Waals surface area contributed by atoms with E-state index in [0.717, 1.165) is 29.7 Å². The van der Waals surface area contributed by atoms with Crippen molar-refractivity contribution in [2.45, 2.75) is 39.7 Å². The van der Waals surface area contributed by atoms with Crippen LogP contribution in [0.3, 0.4) is 0 Å². The lowest BCUT2D eigenvalue weighted by molar-refractivity contribution is 0.260. The molecule has 0 aliphatic heterocycles. The molecule has 2 nitrogen and oxygen atoms in total. The lowest BCUT2D eigenvalue weighted by atomic mass is 9.85. The molecule has 96 valence electrons. The Balaban J connectivity index is 2.23. The van der Waals surface area contributed by atoms with Crippen LogP contribution in [0.15, 0.2) is 28.7 Å². The van der Waals surface area contributed by atoms with Gasteiger partial charge in [0.1, 0.15) is 5.75 Å². The van der Waals surface area contributed by atoms with Gasteiger partial charge in [-0.1, -0.05) is 36.7 Å². The monoisotopic (exact) mass is 299 g/mol. The lowest BCUT2D eigenvalue weighted by Crippen LogP contribution is -2.35. The fourth-order valence-electron chi connectivity index (χ4n) is 1.46. The second-order valence-corrected chi connectivity index (χ2v) is 6.33. The molecule has 0 aliphatic carbocycles. The summed E-state index contributed by atoms with van der Waals surface area (Å²) in [5, 5.41) is 0. The summed E-state index contributed by atoms with van der Waals surface area (Å²) in [5.41, 5.74) is 6.27. The third-order valence-electron chi connectivity index (χ3n) is 2.85. The van der Waals surface area contributed by atoms with E-state index >= 15 is 0 Å². The van der Waals surface area contributed by atoms with Gasteiger partial charge in [0, 0.05) is 10.5 Å². The summed E-state index contributed by atoms with van der Waals surface area (Å²) in [6.07, 6.45) is 1.99. The van der Waals surface area contributed by atoms with Crippen molar-refractivity contribution >= 4 is 15.9 Å². The summed E-state index contributed by atoms with van der Waals surface area (Å²) in [5.74, 6) is 0.914. The van der Waals surface area contributed by atoms with Gasteiger partial charge < -0.3 is 10.5 Å². The largest absolute Gasteiger partial charge is 0.494 e. The Labute approximate surface area is 113 Å². The van der Waals surface area contributed by atoms with E-state index < -0.39 is 0 Å². The summed E-state index contributed by atoms with van der Waals surface area (Å²) >= 11 is 3.40. The average Bonchev–Trinajstić information content (AvgIpc) is 2.25. The number of benzene rings is 1. The van der Waals surface area contributed by atoms with Crippen LogP contribution < -0.4 is 10.5 Å². The number of rotatable bonds is 5. The van der Waals surface area contributed by atoms with E-state index in [-0.39, 0.29) is 11.5 Å². The first kappa shape index (κ1) is 14.5. The van der Waals surface area contributed by atoms with Crippen LogP contribution >= 0.6 is 15.9 Å². The molecule has 1 atom stereocenters. The zero-order chi connectivity index (χ0) is 12.9. The second kappa shape index (κ2) is 6.41. The number of halogens is 1. The van der Waals surface area contributed by atoms with Crippen molar-refractivity contribution in [3.63, 3.8) is 0 Å². The van der Waals surface area contributed by atoms with Gasteiger partial charge in [-0.05, 0) is 42.5 Å². The first-order chi connectivity index (χ1) is 7.89. The van der Waals surface area contributed by atoms with Crippen molar-refractivity contribution in [3.05, 3.63) is 28.7 Å². The summed E-state index contributed by atoms with van der Waals surface area (Å²) in [6.45, 7) is 7.25. The predicted octanol–water partition coefficient (Wildman–Crippen LogP) is 3.98. The summed E-state index contributed by atoms with van der Waals surface area (Å²) in [4.78, 5) is 0. The van der Waals surface area contributed by atoms with E-state index in [0.29, 0.717) is 0 Å². The van der Waals surface area contributed by atoms with Gasteiger partial charge in [-0.3, -0.25) is 0 Å². The topological polar surface area (TPSA) is 35.2 Å². The molecule has 3 heteroatoms. The van der Waals surface area contributed by atoms with Crippen LogP contribution in [-0.2, 0) is 0 Å². The summed E-state index contributed by atoms with van der Waals surface area (Å²) in [6, 6.07) is 8.13. The fourth-order valence-corrected chi connectivity index (χ4v) is 1.72. The molecule has 0 amide bonds. The van der Waals surface area contributed by atoms with E-state index in [4.69, 9.17) is 10.5 Å². The fraction of sp³-hybridized carbons (Fsp3) is 0.571. The highest BCUT2D eigenvalue weighted by atomic mass is 79.9. The first-order valence-corrected chi connectivity index (χ1v) is 6.83. The van der Waals surface area contributed by atoms with E-state index in [1.54, 1.807) is 0 Å². The SMILES string of the molecule is CC(C)(C)C(N)CCCOc1ccc(Br)cc1. The van der Waals surface area contributed by atoms with Crippen LogP contribution in [0.4, 0.5) is 0 Å². The maximum atomic E-state index is 6.09. The molecule has 1 aromatic carbocycles. The highest BCUT2D eigenvalue weighted by molar-refractivity contribution is 9.10. The zero-order valence-electron chi connectivity index (χ0n) is 10.9. The Morgan fingerprint density at radius 2 is 1.82 bits per heavy atom. The number of nitrogens with two attached hydrogens (primary N) is 1. The normalized spacial score (nSPS) is 13.5. The van der Waals surface area contributed by atoms with Gasteiger partial charge in [0.15, 0.2) is 0 Å². The van der Waals surface area contributed by atoms with Crippen molar-refractivity contribution in [1.29, 1.82) is 0 Å². The minimum Gasteiger partial charge on any atom is -0.494 e. The summed E-state index contributed by atoms with van der Waals surface area (Å²) in [7, 11) is 0. The van der Waals surface area contributed by atoms with Gasteiger partial charge in [-0.25, -0.2) is 0 Å². The molecule has 1 unspecified atom stereocenters. The molecule has 0 aromatic heterocycles. The Kier molecular flexibility index (Phi) is 5.47. The maximum absolute atomic E-state index is 6.09. The van der Waals surface area contributed by atoms with Crippen LogP contribution in [0.5, 0.6) is 5.75 Å². The molecule has 1 aromatic rings. The van der Waals surface area contributed by atoms with Crippen molar-refractivity contribution < 1.29 is 4.74 Å². The molecule has 17 heavy (non-hydrogen) atoms. The van der Waals surface area contributed by atoms with Crippen molar-refractivity contribution in [2.24, 2.45) is 11.1 Å². The number of hydrogen-bond donors (Lipinski definition) is 1. The van der Waals surface area contributed by atoms with E-state index in [9.17, 15) is 0 Å². The van der Waals surface area contributed by atoms with Crippen LogP contribution in [-0.4, -0.2) is 12.6 Å². The minimum absolute atomic E-state index is 0.178. The Morgan fingerprint density at radius 1 is 1.24 bits per heavy atom. The van der Waals surface area contributed by atoms with Gasteiger partial charge in [-0.2, -0.15) is 0 Å². The molecule has 0 heterocycles. The first-order valence-electron chi connectivity index (χ1n) is 6.03. The molecule has 2 N–H and O–H groups in total. The predicted molar refractivity (Wildman–Crippen MR) is 76.3 cm³/mol. The highest BCUT2D eigenvalue weighted by Crippen LogP contribution is 2.21. The van der Waals surface area contributed by atoms with Crippen LogP contribution in [0.1, 0.15) is 33.6 Å². The standard InChI is InChI=1S/C14H22BrNO/c1-14(2,3)13(16)5-4-10-17-12-8-6-11(15)7-9-12/h6-9,13H,4-5,10,16H2,1-3H3. The van der Waals surface area contributed by atoms with E-state index in [2.05, 4.69) is 36.7 Å². The molecule has 0 saturated carbocycles. The van der Waals surface area contributed by atoms with Crippen LogP contribution in [0.2, 0.25) is 0 Å². The van der Waals surface area contributed by atoms with Gasteiger partial charge in [0.2, 0.25) is 0 Å². The average molecular weight is 300 g/mol. The van der Waals surface area contributed by atoms with E-state index in [1.165, 1.54) is 0 Å². The van der Waals surface area contributed by atoms with Gasteiger partial charge >= 0.3 is 0 Å². The van der Waals surface area contributed by atoms with Crippen molar-refractivity contribution in [1.82, 2.24) is 0 Å². The van der Waals surface area contributed by atoms with Gasteiger partial charge in [-0.15, -0.1) is 0 Å². The molecular formula is C14H22BrNO. The zero-order valence-corrected chi connectivity index (χ0v) is 12.5.